The summed E-state index contributed by atoms with van der Waals surface area (Å²) >= 11 is 0. The van der Waals surface area contributed by atoms with Crippen molar-refractivity contribution in [3.63, 3.8) is 0 Å². The highest BCUT2D eigenvalue weighted by molar-refractivity contribution is 5.32. The molecule has 0 bridgehead atoms. The first kappa shape index (κ1) is 14.7. The van der Waals surface area contributed by atoms with Crippen LogP contribution < -0.4 is 5.73 Å². The van der Waals surface area contributed by atoms with Crippen molar-refractivity contribution >= 4 is 0 Å². The van der Waals surface area contributed by atoms with E-state index < -0.39 is 6.10 Å². The van der Waals surface area contributed by atoms with Gasteiger partial charge in [-0.15, -0.1) is 0 Å². The molecule has 2 aromatic carbocycles. The highest BCUT2D eigenvalue weighted by atomic mass is 19.1. The molecule has 0 aromatic heterocycles. The highest BCUT2D eigenvalue weighted by Crippen LogP contribution is 2.31. The lowest BCUT2D eigenvalue weighted by atomic mass is 9.88. The number of nitrogens with two attached hydrogens (primary N) is 1. The molecule has 2 unspecified atom stereocenters. The van der Waals surface area contributed by atoms with E-state index >= 15 is 0 Å². The molecule has 2 aromatic rings. The Kier molecular flexibility index (Phi) is 4.53. The van der Waals surface area contributed by atoms with E-state index in [0.29, 0.717) is 12.1 Å². The molecule has 2 nitrogen and oxygen atoms in total. The van der Waals surface area contributed by atoms with Crippen molar-refractivity contribution in [1.82, 2.24) is 0 Å². The zero-order chi connectivity index (χ0) is 14.7. The van der Waals surface area contributed by atoms with Crippen LogP contribution in [0.15, 0.2) is 42.5 Å². The smallest absolute Gasteiger partial charge is 0.123 e. The van der Waals surface area contributed by atoms with E-state index in [9.17, 15) is 9.50 Å². The second kappa shape index (κ2) is 6.16. The van der Waals surface area contributed by atoms with Gasteiger partial charge in [-0.25, -0.2) is 4.39 Å². The maximum Gasteiger partial charge on any atom is 0.123 e. The highest BCUT2D eigenvalue weighted by Gasteiger charge is 2.22. The van der Waals surface area contributed by atoms with Crippen LogP contribution in [0.2, 0.25) is 0 Å². The molecule has 0 amide bonds. The van der Waals surface area contributed by atoms with Crippen molar-refractivity contribution in [3.05, 3.63) is 70.5 Å². The van der Waals surface area contributed by atoms with Gasteiger partial charge in [-0.1, -0.05) is 35.9 Å². The number of aliphatic hydroxyl groups is 1. The zero-order valence-electron chi connectivity index (χ0n) is 11.8. The Morgan fingerprint density at radius 3 is 2.35 bits per heavy atom. The SMILES string of the molecule is Cc1cc(F)cc(C(O)C(CN)c2cccc(C)c2)c1. The van der Waals surface area contributed by atoms with Gasteiger partial charge in [0.05, 0.1) is 6.10 Å². The Labute approximate surface area is 119 Å². The summed E-state index contributed by atoms with van der Waals surface area (Å²) < 4.78 is 13.5. The number of hydrogen-bond acceptors (Lipinski definition) is 2. The molecule has 0 aliphatic heterocycles. The summed E-state index contributed by atoms with van der Waals surface area (Å²) in [6.45, 7) is 4.11. The van der Waals surface area contributed by atoms with E-state index in [-0.39, 0.29) is 11.7 Å². The first-order chi connectivity index (χ1) is 9.51. The molecule has 0 saturated heterocycles. The topological polar surface area (TPSA) is 46.2 Å². The van der Waals surface area contributed by atoms with E-state index in [1.165, 1.54) is 12.1 Å². The summed E-state index contributed by atoms with van der Waals surface area (Å²) in [6, 6.07) is 12.5. The fourth-order valence-corrected chi connectivity index (χ4v) is 2.52. The van der Waals surface area contributed by atoms with E-state index in [1.54, 1.807) is 6.07 Å². The average molecular weight is 273 g/mol. The Balaban J connectivity index is 2.35. The van der Waals surface area contributed by atoms with E-state index in [2.05, 4.69) is 0 Å². The van der Waals surface area contributed by atoms with Gasteiger partial charge in [-0.05, 0) is 42.7 Å². The summed E-state index contributed by atoms with van der Waals surface area (Å²) in [5, 5.41) is 10.5. The Hall–Kier alpha value is -1.71. The number of aliphatic hydroxyl groups excluding tert-OH is 1. The summed E-state index contributed by atoms with van der Waals surface area (Å²) in [4.78, 5) is 0. The summed E-state index contributed by atoms with van der Waals surface area (Å²) in [7, 11) is 0. The molecular weight excluding hydrogens is 253 g/mol. The number of halogens is 1. The Morgan fingerprint density at radius 1 is 1.05 bits per heavy atom. The van der Waals surface area contributed by atoms with Gasteiger partial charge in [-0.3, -0.25) is 0 Å². The van der Waals surface area contributed by atoms with Gasteiger partial charge in [0.25, 0.3) is 0 Å². The number of hydrogen-bond donors (Lipinski definition) is 2. The molecule has 0 aliphatic carbocycles. The molecule has 0 spiro atoms. The fraction of sp³-hybridized carbons (Fsp3) is 0.294. The van der Waals surface area contributed by atoms with Crippen molar-refractivity contribution in [1.29, 1.82) is 0 Å². The van der Waals surface area contributed by atoms with Crippen LogP contribution in [-0.2, 0) is 0 Å². The molecule has 2 rings (SSSR count). The minimum atomic E-state index is -0.809. The second-order valence-electron chi connectivity index (χ2n) is 5.26. The van der Waals surface area contributed by atoms with Gasteiger partial charge >= 0.3 is 0 Å². The molecule has 0 saturated carbocycles. The van der Waals surface area contributed by atoms with Crippen molar-refractivity contribution in [2.75, 3.05) is 6.54 Å². The first-order valence-electron chi connectivity index (χ1n) is 6.73. The van der Waals surface area contributed by atoms with Crippen LogP contribution in [0.3, 0.4) is 0 Å². The van der Waals surface area contributed by atoms with Gasteiger partial charge < -0.3 is 10.8 Å². The molecule has 2 atom stereocenters. The van der Waals surface area contributed by atoms with Crippen molar-refractivity contribution in [2.45, 2.75) is 25.9 Å². The van der Waals surface area contributed by atoms with Gasteiger partial charge in [0.2, 0.25) is 0 Å². The zero-order valence-corrected chi connectivity index (χ0v) is 11.8. The predicted octanol–water partition coefficient (Wildman–Crippen LogP) is 3.22. The minimum absolute atomic E-state index is 0.240. The third-order valence-corrected chi connectivity index (χ3v) is 3.51. The summed E-state index contributed by atoms with van der Waals surface area (Å²) in [5.41, 5.74) is 9.26. The van der Waals surface area contributed by atoms with E-state index in [1.807, 2.05) is 38.1 Å². The monoisotopic (exact) mass is 273 g/mol. The van der Waals surface area contributed by atoms with E-state index in [0.717, 1.165) is 16.7 Å². The van der Waals surface area contributed by atoms with Crippen LogP contribution in [0.1, 0.15) is 34.3 Å². The maximum absolute atomic E-state index is 13.5. The van der Waals surface area contributed by atoms with Crippen LogP contribution in [-0.4, -0.2) is 11.7 Å². The molecule has 0 fully saturated rings. The molecule has 0 heterocycles. The average Bonchev–Trinajstić information content (AvgIpc) is 2.38. The number of benzene rings is 2. The summed E-state index contributed by atoms with van der Waals surface area (Å²) in [5.74, 6) is -0.574. The number of rotatable bonds is 4. The van der Waals surface area contributed by atoms with Crippen LogP contribution >= 0.6 is 0 Å². The quantitative estimate of drug-likeness (QED) is 0.898. The molecule has 3 heteroatoms. The van der Waals surface area contributed by atoms with Crippen LogP contribution in [0.25, 0.3) is 0 Å². The standard InChI is InChI=1S/C17H20FNO/c1-11-4-3-5-13(6-11)16(10-19)17(20)14-7-12(2)8-15(18)9-14/h3-9,16-17,20H,10,19H2,1-2H3. The molecule has 0 aliphatic rings. The predicted molar refractivity (Wildman–Crippen MR) is 79.1 cm³/mol. The van der Waals surface area contributed by atoms with Crippen molar-refractivity contribution in [2.24, 2.45) is 5.73 Å². The van der Waals surface area contributed by atoms with Crippen molar-refractivity contribution < 1.29 is 9.50 Å². The molecule has 20 heavy (non-hydrogen) atoms. The van der Waals surface area contributed by atoms with Crippen molar-refractivity contribution in [3.8, 4) is 0 Å². The van der Waals surface area contributed by atoms with Gasteiger partial charge in [-0.2, -0.15) is 0 Å². The van der Waals surface area contributed by atoms with Crippen LogP contribution in [0.5, 0.6) is 0 Å². The number of aryl methyl sites for hydroxylation is 2. The minimum Gasteiger partial charge on any atom is -0.388 e. The largest absolute Gasteiger partial charge is 0.388 e. The molecular formula is C17H20FNO. The van der Waals surface area contributed by atoms with Crippen LogP contribution in [0, 0.1) is 19.7 Å². The lowest BCUT2D eigenvalue weighted by molar-refractivity contribution is 0.147. The van der Waals surface area contributed by atoms with Gasteiger partial charge in [0, 0.05) is 12.5 Å². The third kappa shape index (κ3) is 3.24. The first-order valence-corrected chi connectivity index (χ1v) is 6.73. The molecule has 106 valence electrons. The van der Waals surface area contributed by atoms with Gasteiger partial charge in [0.1, 0.15) is 5.82 Å². The Bertz CT molecular complexity index is 577. The molecule has 0 radical (unpaired) electrons. The maximum atomic E-state index is 13.5. The lowest BCUT2D eigenvalue weighted by Crippen LogP contribution is -2.20. The Morgan fingerprint density at radius 2 is 1.75 bits per heavy atom. The van der Waals surface area contributed by atoms with Gasteiger partial charge in [0.15, 0.2) is 0 Å². The third-order valence-electron chi connectivity index (χ3n) is 3.51. The van der Waals surface area contributed by atoms with E-state index in [4.69, 9.17) is 5.73 Å². The lowest BCUT2D eigenvalue weighted by Gasteiger charge is -2.23. The summed E-state index contributed by atoms with van der Waals surface area (Å²) in [6.07, 6.45) is -0.809. The van der Waals surface area contributed by atoms with Crippen LogP contribution in [0.4, 0.5) is 4.39 Å². The second-order valence-corrected chi connectivity index (χ2v) is 5.26. The fourth-order valence-electron chi connectivity index (χ4n) is 2.52. The normalized spacial score (nSPS) is 14.1. The molecule has 3 N–H and O–H groups in total.